The van der Waals surface area contributed by atoms with Gasteiger partial charge in [0.25, 0.3) is 0 Å². The van der Waals surface area contributed by atoms with Gasteiger partial charge in [0.05, 0.1) is 14.0 Å². The fourth-order valence-corrected chi connectivity index (χ4v) is 7.49. The van der Waals surface area contributed by atoms with Crippen molar-refractivity contribution in [2.45, 2.75) is 62.9 Å². The van der Waals surface area contributed by atoms with Gasteiger partial charge in [0.1, 0.15) is 0 Å². The minimum atomic E-state index is -2.51. The summed E-state index contributed by atoms with van der Waals surface area (Å²) in [5.41, 5.74) is 0.303. The Morgan fingerprint density at radius 3 is 2.15 bits per heavy atom. The topological polar surface area (TPSA) is 36.9 Å². The van der Waals surface area contributed by atoms with Crippen molar-refractivity contribution in [3.8, 4) is 0 Å². The molecule has 0 amide bonds. The molecule has 0 bridgehead atoms. The van der Waals surface area contributed by atoms with Crippen molar-refractivity contribution in [1.82, 2.24) is 0 Å². The molecule has 6 heteroatoms. The van der Waals surface area contributed by atoms with Gasteiger partial charge in [-0.3, -0.25) is 0 Å². The first kappa shape index (κ1) is 18.3. The van der Waals surface area contributed by atoms with Crippen LogP contribution in [0.4, 0.5) is 0 Å². The largest absolute Gasteiger partial charge is 0.503 e. The Morgan fingerprint density at radius 1 is 1.15 bits per heavy atom. The van der Waals surface area contributed by atoms with Gasteiger partial charge in [-0.15, -0.1) is 0 Å². The minimum absolute atomic E-state index is 0.169. The van der Waals surface area contributed by atoms with E-state index in [0.717, 1.165) is 19.4 Å². The van der Waals surface area contributed by atoms with E-state index in [1.807, 2.05) is 0 Å². The normalized spacial score (nSPS) is 25.9. The Kier molecular flexibility index (Phi) is 7.38. The third kappa shape index (κ3) is 3.92. The summed E-state index contributed by atoms with van der Waals surface area (Å²) in [5.74, 6) is 0. The lowest BCUT2D eigenvalue weighted by Crippen LogP contribution is -2.50. The van der Waals surface area contributed by atoms with Crippen LogP contribution in [0.2, 0.25) is 18.6 Å². The highest BCUT2D eigenvalue weighted by molar-refractivity contribution is 6.62. The van der Waals surface area contributed by atoms with Gasteiger partial charge >= 0.3 is 8.80 Å². The SMILES string of the molecule is CO[Si](OC)(OC)C(C)CCC1([SiH](C)C)CCCCO1. The van der Waals surface area contributed by atoms with Crippen LogP contribution in [0.3, 0.4) is 0 Å². The molecule has 1 aliphatic rings. The van der Waals surface area contributed by atoms with Crippen molar-refractivity contribution in [3.05, 3.63) is 0 Å². The van der Waals surface area contributed by atoms with Crippen LogP contribution in [-0.2, 0) is 18.0 Å². The fraction of sp³-hybridized carbons (Fsp3) is 1.00. The van der Waals surface area contributed by atoms with Gasteiger partial charge in [-0.25, -0.2) is 0 Å². The molecular weight excluding hydrogens is 288 g/mol. The van der Waals surface area contributed by atoms with E-state index in [-0.39, 0.29) is 5.22 Å². The van der Waals surface area contributed by atoms with Gasteiger partial charge in [-0.1, -0.05) is 20.0 Å². The van der Waals surface area contributed by atoms with E-state index in [2.05, 4.69) is 20.0 Å². The molecule has 2 atom stereocenters. The van der Waals surface area contributed by atoms with Crippen LogP contribution in [0.25, 0.3) is 0 Å². The third-order valence-electron chi connectivity index (χ3n) is 4.89. The molecule has 1 fully saturated rings. The summed E-state index contributed by atoms with van der Waals surface area (Å²) >= 11 is 0. The molecule has 1 rings (SSSR count). The molecule has 20 heavy (non-hydrogen) atoms. The molecule has 0 aromatic heterocycles. The zero-order chi connectivity index (χ0) is 15.2. The Bertz CT molecular complexity index is 268. The van der Waals surface area contributed by atoms with E-state index in [1.54, 1.807) is 21.3 Å². The van der Waals surface area contributed by atoms with Gasteiger partial charge in [-0.2, -0.15) is 0 Å². The molecule has 2 unspecified atom stereocenters. The summed E-state index contributed by atoms with van der Waals surface area (Å²) in [5, 5.41) is 0.169. The number of hydrogen-bond donors (Lipinski definition) is 0. The monoisotopic (exact) mass is 320 g/mol. The quantitative estimate of drug-likeness (QED) is 0.644. The van der Waals surface area contributed by atoms with Gasteiger partial charge in [0, 0.05) is 33.5 Å². The van der Waals surface area contributed by atoms with E-state index < -0.39 is 17.6 Å². The first-order valence-electron chi connectivity index (χ1n) is 7.75. The number of rotatable bonds is 8. The Hall–Kier alpha value is 0.274. The molecule has 0 spiro atoms. The summed E-state index contributed by atoms with van der Waals surface area (Å²) in [6.07, 6.45) is 5.91. The molecule has 0 aromatic rings. The average Bonchev–Trinajstić information content (AvgIpc) is 2.48. The summed E-state index contributed by atoms with van der Waals surface area (Å²) in [7, 11) is 1.71. The van der Waals surface area contributed by atoms with E-state index >= 15 is 0 Å². The number of ether oxygens (including phenoxy) is 1. The van der Waals surface area contributed by atoms with Crippen LogP contribution >= 0.6 is 0 Å². The maximum Gasteiger partial charge on any atom is 0.503 e. The van der Waals surface area contributed by atoms with E-state index in [9.17, 15) is 0 Å². The second-order valence-electron chi connectivity index (χ2n) is 6.18. The van der Waals surface area contributed by atoms with Gasteiger partial charge in [0.2, 0.25) is 0 Å². The summed E-state index contributed by atoms with van der Waals surface area (Å²) < 4.78 is 23.0. The van der Waals surface area contributed by atoms with Crippen molar-refractivity contribution >= 4 is 17.6 Å². The smallest absolute Gasteiger partial charge is 0.379 e. The van der Waals surface area contributed by atoms with Crippen LogP contribution in [0.5, 0.6) is 0 Å². The highest BCUT2D eigenvalue weighted by Gasteiger charge is 2.46. The van der Waals surface area contributed by atoms with Crippen LogP contribution in [0.15, 0.2) is 0 Å². The lowest BCUT2D eigenvalue weighted by Gasteiger charge is -2.42. The first-order valence-corrected chi connectivity index (χ1v) is 12.4. The molecule has 4 nitrogen and oxygen atoms in total. The lowest BCUT2D eigenvalue weighted by molar-refractivity contribution is -0.0300. The Morgan fingerprint density at radius 2 is 1.75 bits per heavy atom. The minimum Gasteiger partial charge on any atom is -0.379 e. The maximum absolute atomic E-state index is 6.25. The van der Waals surface area contributed by atoms with Gasteiger partial charge in [0.15, 0.2) is 0 Å². The van der Waals surface area contributed by atoms with Crippen LogP contribution in [-0.4, -0.2) is 50.8 Å². The molecule has 0 saturated carbocycles. The van der Waals surface area contributed by atoms with Gasteiger partial charge < -0.3 is 18.0 Å². The zero-order valence-corrected chi connectivity index (χ0v) is 16.2. The summed E-state index contributed by atoms with van der Waals surface area (Å²) in [6.45, 7) is 7.93. The molecular formula is C14H32O4Si2. The molecule has 1 saturated heterocycles. The lowest BCUT2D eigenvalue weighted by atomic mass is 10.0. The molecule has 0 N–H and O–H groups in total. The number of hydrogen-bond acceptors (Lipinski definition) is 4. The molecule has 1 heterocycles. The van der Waals surface area contributed by atoms with Crippen molar-refractivity contribution in [2.75, 3.05) is 27.9 Å². The molecule has 1 aliphatic heterocycles. The summed E-state index contributed by atoms with van der Waals surface area (Å²) in [4.78, 5) is 0. The first-order chi connectivity index (χ1) is 9.46. The van der Waals surface area contributed by atoms with Crippen LogP contribution in [0.1, 0.15) is 39.0 Å². The predicted molar refractivity (Wildman–Crippen MR) is 86.9 cm³/mol. The highest BCUT2D eigenvalue weighted by atomic mass is 28.4. The second-order valence-corrected chi connectivity index (χ2v) is 13.0. The van der Waals surface area contributed by atoms with E-state index in [4.69, 9.17) is 18.0 Å². The molecule has 0 radical (unpaired) electrons. The average molecular weight is 321 g/mol. The van der Waals surface area contributed by atoms with Crippen molar-refractivity contribution < 1.29 is 18.0 Å². The predicted octanol–water partition coefficient (Wildman–Crippen LogP) is 3.00. The Labute approximate surface area is 127 Å². The maximum atomic E-state index is 6.25. The third-order valence-corrected chi connectivity index (χ3v) is 10.9. The van der Waals surface area contributed by atoms with Crippen LogP contribution < -0.4 is 0 Å². The molecule has 0 aliphatic carbocycles. The van der Waals surface area contributed by atoms with Crippen molar-refractivity contribution in [1.29, 1.82) is 0 Å². The van der Waals surface area contributed by atoms with E-state index in [0.29, 0.717) is 5.54 Å². The van der Waals surface area contributed by atoms with Gasteiger partial charge in [-0.05, 0) is 32.1 Å². The van der Waals surface area contributed by atoms with Crippen molar-refractivity contribution in [3.63, 3.8) is 0 Å². The second kappa shape index (κ2) is 8.05. The fourth-order valence-electron chi connectivity index (χ4n) is 3.31. The standard InChI is InChI=1S/C14H32O4Si2/c1-13(20(15-2,16-3)17-4)9-11-14(19(5)6)10-7-8-12-18-14/h13,19H,7-12H2,1-6H3. The van der Waals surface area contributed by atoms with Crippen molar-refractivity contribution in [2.24, 2.45) is 0 Å². The zero-order valence-electron chi connectivity index (χ0n) is 14.0. The highest BCUT2D eigenvalue weighted by Crippen LogP contribution is 2.37. The van der Waals surface area contributed by atoms with E-state index in [1.165, 1.54) is 19.3 Å². The molecule has 0 aromatic carbocycles. The van der Waals surface area contributed by atoms with Crippen LogP contribution in [0, 0.1) is 0 Å². The Balaban J connectivity index is 2.67. The summed E-state index contributed by atoms with van der Waals surface area (Å²) in [6, 6.07) is 0. The molecule has 120 valence electrons.